The standard InChI is InChI=1S/C21H30N4O5S/c1-5-7-16(25(29)13-26)15(12-14-8-6-10-30-14)18(27)23-17(21(2,3)4)19(28)24-20-22-9-11-31-20/h6,8-11,13,15-17,29H,5,7,12H2,1-4H3,(H,23,27)(H,22,24,28)/t15-,16+,17-/m1/s1. The van der Waals surface area contributed by atoms with Crippen LogP contribution in [0.2, 0.25) is 0 Å². The fourth-order valence-corrected chi connectivity index (χ4v) is 3.86. The monoisotopic (exact) mass is 450 g/mol. The molecule has 0 spiro atoms. The maximum absolute atomic E-state index is 13.4. The van der Waals surface area contributed by atoms with E-state index in [-0.39, 0.29) is 6.42 Å². The molecule has 2 aromatic rings. The lowest BCUT2D eigenvalue weighted by Gasteiger charge is -2.34. The van der Waals surface area contributed by atoms with E-state index in [9.17, 15) is 19.6 Å². The van der Waals surface area contributed by atoms with Crippen LogP contribution in [0.3, 0.4) is 0 Å². The van der Waals surface area contributed by atoms with Crippen molar-refractivity contribution in [1.82, 2.24) is 15.4 Å². The lowest BCUT2D eigenvalue weighted by Crippen LogP contribution is -2.55. The first-order valence-corrected chi connectivity index (χ1v) is 11.0. The van der Waals surface area contributed by atoms with E-state index >= 15 is 0 Å². The lowest BCUT2D eigenvalue weighted by molar-refractivity contribution is -0.169. The molecule has 2 rings (SSSR count). The van der Waals surface area contributed by atoms with Gasteiger partial charge < -0.3 is 15.1 Å². The first-order chi connectivity index (χ1) is 14.7. The van der Waals surface area contributed by atoms with Crippen molar-refractivity contribution < 1.29 is 24.0 Å². The predicted molar refractivity (Wildman–Crippen MR) is 116 cm³/mol. The van der Waals surface area contributed by atoms with Gasteiger partial charge in [-0.25, -0.2) is 10.0 Å². The molecule has 0 aliphatic carbocycles. The molecule has 2 aromatic heterocycles. The molecule has 3 amide bonds. The molecular formula is C21H30N4O5S. The van der Waals surface area contributed by atoms with Gasteiger partial charge in [-0.1, -0.05) is 34.1 Å². The number of furan rings is 1. The SMILES string of the molecule is CCC[C@@H]([C@@H](Cc1ccco1)C(=O)N[C@H](C(=O)Nc1nccs1)C(C)(C)C)N(O)C=O. The number of amides is 3. The average Bonchev–Trinajstić information content (AvgIpc) is 3.41. The van der Waals surface area contributed by atoms with Crippen LogP contribution in [0.5, 0.6) is 0 Å². The molecule has 170 valence electrons. The number of carbonyl (C=O) groups excluding carboxylic acids is 3. The Bertz CT molecular complexity index is 833. The average molecular weight is 451 g/mol. The van der Waals surface area contributed by atoms with Gasteiger partial charge in [-0.2, -0.15) is 0 Å². The van der Waals surface area contributed by atoms with Crippen molar-refractivity contribution in [2.45, 2.75) is 59.0 Å². The van der Waals surface area contributed by atoms with E-state index in [4.69, 9.17) is 4.42 Å². The molecule has 31 heavy (non-hydrogen) atoms. The first-order valence-electron chi connectivity index (χ1n) is 10.1. The largest absolute Gasteiger partial charge is 0.469 e. The maximum atomic E-state index is 13.4. The Hall–Kier alpha value is -2.72. The van der Waals surface area contributed by atoms with E-state index in [1.54, 1.807) is 23.7 Å². The van der Waals surface area contributed by atoms with Gasteiger partial charge >= 0.3 is 0 Å². The molecule has 2 heterocycles. The van der Waals surface area contributed by atoms with Gasteiger partial charge in [-0.05, 0) is 24.0 Å². The number of nitrogens with zero attached hydrogens (tertiary/aromatic N) is 2. The van der Waals surface area contributed by atoms with Gasteiger partial charge in [0.05, 0.1) is 18.2 Å². The fourth-order valence-electron chi connectivity index (χ4n) is 3.33. The highest BCUT2D eigenvalue weighted by Crippen LogP contribution is 2.25. The van der Waals surface area contributed by atoms with Crippen molar-refractivity contribution in [3.63, 3.8) is 0 Å². The zero-order valence-corrected chi connectivity index (χ0v) is 19.0. The van der Waals surface area contributed by atoms with Crippen molar-refractivity contribution in [3.8, 4) is 0 Å². The second-order valence-corrected chi connectivity index (χ2v) is 9.26. The molecule has 0 saturated carbocycles. The number of hydroxylamine groups is 2. The molecule has 3 N–H and O–H groups in total. The molecule has 10 heteroatoms. The third kappa shape index (κ3) is 6.90. The van der Waals surface area contributed by atoms with Crippen LogP contribution < -0.4 is 10.6 Å². The minimum Gasteiger partial charge on any atom is -0.469 e. The smallest absolute Gasteiger partial charge is 0.249 e. The number of rotatable bonds is 11. The predicted octanol–water partition coefficient (Wildman–Crippen LogP) is 3.08. The lowest BCUT2D eigenvalue weighted by atomic mass is 9.84. The summed E-state index contributed by atoms with van der Waals surface area (Å²) in [5.74, 6) is -1.13. The third-order valence-corrected chi connectivity index (χ3v) is 5.60. The summed E-state index contributed by atoms with van der Waals surface area (Å²) >= 11 is 1.28. The summed E-state index contributed by atoms with van der Waals surface area (Å²) in [5, 5.41) is 18.4. The highest BCUT2D eigenvalue weighted by molar-refractivity contribution is 7.13. The summed E-state index contributed by atoms with van der Waals surface area (Å²) in [7, 11) is 0. The van der Waals surface area contributed by atoms with Gasteiger partial charge in [-0.3, -0.25) is 19.6 Å². The molecule has 0 fully saturated rings. The van der Waals surface area contributed by atoms with Crippen molar-refractivity contribution in [1.29, 1.82) is 0 Å². The van der Waals surface area contributed by atoms with Crippen molar-refractivity contribution in [2.75, 3.05) is 5.32 Å². The summed E-state index contributed by atoms with van der Waals surface area (Å²) in [5.41, 5.74) is -0.601. The Labute approximate surface area is 185 Å². The molecule has 9 nitrogen and oxygen atoms in total. The fraction of sp³-hybridized carbons (Fsp3) is 0.524. The molecule has 0 radical (unpaired) electrons. The van der Waals surface area contributed by atoms with E-state index in [0.717, 1.165) is 0 Å². The highest BCUT2D eigenvalue weighted by atomic mass is 32.1. The highest BCUT2D eigenvalue weighted by Gasteiger charge is 2.38. The normalized spacial score (nSPS) is 14.4. The number of aromatic nitrogens is 1. The van der Waals surface area contributed by atoms with Crippen LogP contribution in [0.4, 0.5) is 5.13 Å². The van der Waals surface area contributed by atoms with Crippen molar-refractivity contribution in [2.24, 2.45) is 11.3 Å². The van der Waals surface area contributed by atoms with Crippen LogP contribution in [-0.4, -0.2) is 45.6 Å². The van der Waals surface area contributed by atoms with Crippen molar-refractivity contribution >= 4 is 34.7 Å². The number of thiazole rings is 1. The molecular weight excluding hydrogens is 420 g/mol. The van der Waals surface area contributed by atoms with Crippen LogP contribution in [0, 0.1) is 11.3 Å². The summed E-state index contributed by atoms with van der Waals surface area (Å²) < 4.78 is 5.39. The first kappa shape index (κ1) is 24.5. The Balaban J connectivity index is 2.28. The molecule has 0 bridgehead atoms. The molecule has 0 saturated heterocycles. The maximum Gasteiger partial charge on any atom is 0.249 e. The molecule has 0 aromatic carbocycles. The topological polar surface area (TPSA) is 125 Å². The number of nitrogens with one attached hydrogen (secondary N) is 2. The number of carbonyl (C=O) groups is 3. The van der Waals surface area contributed by atoms with Crippen LogP contribution in [0.1, 0.15) is 46.3 Å². The minimum atomic E-state index is -0.867. The van der Waals surface area contributed by atoms with Gasteiger partial charge in [0.15, 0.2) is 5.13 Å². The Morgan fingerprint density at radius 1 is 1.35 bits per heavy atom. The summed E-state index contributed by atoms with van der Waals surface area (Å²) in [6, 6.07) is 1.79. The van der Waals surface area contributed by atoms with E-state index in [2.05, 4.69) is 15.6 Å². The minimum absolute atomic E-state index is 0.166. The quantitative estimate of drug-likeness (QED) is 0.274. The summed E-state index contributed by atoms with van der Waals surface area (Å²) in [6.07, 6.45) is 4.58. The van der Waals surface area contributed by atoms with Gasteiger partial charge in [0.1, 0.15) is 11.8 Å². The van der Waals surface area contributed by atoms with Gasteiger partial charge in [0.25, 0.3) is 0 Å². The Morgan fingerprint density at radius 2 is 2.10 bits per heavy atom. The van der Waals surface area contributed by atoms with E-state index in [0.29, 0.717) is 35.2 Å². The molecule has 3 atom stereocenters. The Morgan fingerprint density at radius 3 is 2.61 bits per heavy atom. The number of anilines is 1. The van der Waals surface area contributed by atoms with Crippen LogP contribution in [-0.2, 0) is 20.8 Å². The summed E-state index contributed by atoms with van der Waals surface area (Å²) in [4.78, 5) is 41.6. The molecule has 0 aliphatic heterocycles. The summed E-state index contributed by atoms with van der Waals surface area (Å²) in [6.45, 7) is 7.42. The van der Waals surface area contributed by atoms with Crippen LogP contribution in [0.25, 0.3) is 0 Å². The third-order valence-electron chi connectivity index (χ3n) is 4.91. The van der Waals surface area contributed by atoms with Crippen molar-refractivity contribution in [3.05, 3.63) is 35.7 Å². The number of hydrogen-bond donors (Lipinski definition) is 3. The number of hydrogen-bond acceptors (Lipinski definition) is 7. The van der Waals surface area contributed by atoms with Crippen LogP contribution >= 0.6 is 11.3 Å². The van der Waals surface area contributed by atoms with Gasteiger partial charge in [0, 0.05) is 18.0 Å². The van der Waals surface area contributed by atoms with Crippen LogP contribution in [0.15, 0.2) is 34.4 Å². The second kappa shape index (κ2) is 11.1. The molecule has 0 unspecified atom stereocenters. The zero-order valence-electron chi connectivity index (χ0n) is 18.2. The van der Waals surface area contributed by atoms with Gasteiger partial charge in [-0.15, -0.1) is 11.3 Å². The Kier molecular flexibility index (Phi) is 8.76. The zero-order chi connectivity index (χ0) is 23.0. The van der Waals surface area contributed by atoms with E-state index in [1.807, 2.05) is 27.7 Å². The van der Waals surface area contributed by atoms with Gasteiger partial charge in [0.2, 0.25) is 18.2 Å². The van der Waals surface area contributed by atoms with E-state index in [1.165, 1.54) is 17.6 Å². The molecule has 0 aliphatic rings. The van der Waals surface area contributed by atoms with E-state index < -0.39 is 35.2 Å². The second-order valence-electron chi connectivity index (χ2n) is 8.37.